The van der Waals surface area contributed by atoms with Gasteiger partial charge in [-0.15, -0.1) is 0 Å². The summed E-state index contributed by atoms with van der Waals surface area (Å²) in [5, 5.41) is 9.88. The minimum Gasteiger partial charge on any atom is -0.444 e. The molecule has 0 atom stereocenters. The van der Waals surface area contributed by atoms with Crippen LogP contribution in [0.5, 0.6) is 0 Å². The van der Waals surface area contributed by atoms with Crippen LogP contribution in [-0.2, 0) is 9.53 Å². The number of likely N-dealkylation sites (tertiary alicyclic amines) is 1. The van der Waals surface area contributed by atoms with Crippen LogP contribution in [0.3, 0.4) is 0 Å². The maximum absolute atomic E-state index is 12.3. The number of hydrogen-bond acceptors (Lipinski definition) is 4. The molecule has 0 aromatic heterocycles. The first-order valence-corrected chi connectivity index (χ1v) is 11.2. The molecule has 0 aliphatic carbocycles. The van der Waals surface area contributed by atoms with Gasteiger partial charge >= 0.3 is 6.09 Å². The first-order valence-electron chi connectivity index (χ1n) is 11.2. The maximum atomic E-state index is 12.3. The third kappa shape index (κ3) is 8.40. The molecule has 0 saturated carbocycles. The van der Waals surface area contributed by atoms with Crippen molar-refractivity contribution in [1.29, 1.82) is 0 Å². The molecular formula is C22H43N5O3. The average Bonchev–Trinajstić information content (AvgIpc) is 2.68. The fourth-order valence-corrected chi connectivity index (χ4v) is 3.49. The van der Waals surface area contributed by atoms with Gasteiger partial charge in [-0.2, -0.15) is 0 Å². The second-order valence-electron chi connectivity index (χ2n) is 9.44. The van der Waals surface area contributed by atoms with Gasteiger partial charge in [-0.25, -0.2) is 4.79 Å². The summed E-state index contributed by atoms with van der Waals surface area (Å²) >= 11 is 0. The van der Waals surface area contributed by atoms with Crippen LogP contribution in [0.2, 0.25) is 0 Å². The van der Waals surface area contributed by atoms with Gasteiger partial charge in [0.2, 0.25) is 5.91 Å². The Morgan fingerprint density at radius 2 is 1.70 bits per heavy atom. The Morgan fingerprint density at radius 3 is 2.13 bits per heavy atom. The van der Waals surface area contributed by atoms with E-state index in [1.807, 2.05) is 39.5 Å². The number of hydrogen-bond donors (Lipinski definition) is 3. The van der Waals surface area contributed by atoms with E-state index in [1.54, 1.807) is 7.05 Å². The molecule has 8 heteroatoms. The van der Waals surface area contributed by atoms with Crippen LogP contribution >= 0.6 is 0 Å². The zero-order chi connectivity index (χ0) is 22.9. The molecule has 1 aliphatic rings. The number of aliphatic imine (C=N–C) groups is 1. The summed E-state index contributed by atoms with van der Waals surface area (Å²) in [6.45, 7) is 15.6. The van der Waals surface area contributed by atoms with Crippen molar-refractivity contribution in [2.75, 3.05) is 26.7 Å². The normalized spacial score (nSPS) is 16.4. The number of nitrogens with one attached hydrogen (secondary N) is 3. The highest BCUT2D eigenvalue weighted by Crippen LogP contribution is 2.17. The van der Waals surface area contributed by atoms with E-state index >= 15 is 0 Å². The fraction of sp³-hybridized carbons (Fsp3) is 0.864. The van der Waals surface area contributed by atoms with Gasteiger partial charge in [0.1, 0.15) is 5.60 Å². The zero-order valence-corrected chi connectivity index (χ0v) is 20.2. The molecule has 8 nitrogen and oxygen atoms in total. The molecular weight excluding hydrogens is 382 g/mol. The largest absolute Gasteiger partial charge is 0.444 e. The van der Waals surface area contributed by atoms with E-state index in [9.17, 15) is 9.59 Å². The number of rotatable bonds is 7. The van der Waals surface area contributed by atoms with Crippen molar-refractivity contribution < 1.29 is 14.3 Å². The summed E-state index contributed by atoms with van der Waals surface area (Å²) in [6, 6.07) is 0.267. The van der Waals surface area contributed by atoms with Crippen molar-refractivity contribution in [3.05, 3.63) is 0 Å². The molecule has 1 heterocycles. The van der Waals surface area contributed by atoms with E-state index in [0.717, 1.165) is 38.8 Å². The van der Waals surface area contributed by atoms with Crippen molar-refractivity contribution in [3.63, 3.8) is 0 Å². The molecule has 174 valence electrons. The Hall–Kier alpha value is -1.99. The summed E-state index contributed by atoms with van der Waals surface area (Å²) < 4.78 is 5.44. The summed E-state index contributed by atoms with van der Waals surface area (Å²) in [5.41, 5.74) is -0.957. The molecule has 3 N–H and O–H groups in total. The predicted molar refractivity (Wildman–Crippen MR) is 122 cm³/mol. The Balaban J connectivity index is 2.60. The highest BCUT2D eigenvalue weighted by Gasteiger charge is 2.31. The van der Waals surface area contributed by atoms with E-state index < -0.39 is 17.2 Å². The Labute approximate surface area is 182 Å². The van der Waals surface area contributed by atoms with Gasteiger partial charge in [0.15, 0.2) is 5.96 Å². The SMILES string of the molecule is CCC(CC)(CNC(=NC)NC1CCN(C(=O)C(C)C)CC1)NC(=O)OC(C)(C)C. The molecule has 0 radical (unpaired) electrons. The number of ether oxygens (including phenoxy) is 1. The minimum atomic E-state index is -0.534. The van der Waals surface area contributed by atoms with E-state index in [2.05, 4.69) is 34.8 Å². The molecule has 1 saturated heterocycles. The summed E-state index contributed by atoms with van der Waals surface area (Å²) in [4.78, 5) is 30.8. The van der Waals surface area contributed by atoms with Gasteiger partial charge < -0.3 is 25.6 Å². The molecule has 0 bridgehead atoms. The Bertz CT molecular complexity index is 586. The van der Waals surface area contributed by atoms with E-state index in [1.165, 1.54) is 0 Å². The first-order chi connectivity index (χ1) is 13.9. The minimum absolute atomic E-state index is 0.0395. The molecule has 2 amide bonds. The number of amides is 2. The van der Waals surface area contributed by atoms with Crippen LogP contribution < -0.4 is 16.0 Å². The topological polar surface area (TPSA) is 95.1 Å². The Morgan fingerprint density at radius 1 is 1.13 bits per heavy atom. The number of carbonyl (C=O) groups is 2. The van der Waals surface area contributed by atoms with Crippen molar-refractivity contribution in [3.8, 4) is 0 Å². The van der Waals surface area contributed by atoms with Crippen molar-refractivity contribution in [1.82, 2.24) is 20.9 Å². The van der Waals surface area contributed by atoms with Crippen LogP contribution in [0.1, 0.15) is 74.1 Å². The van der Waals surface area contributed by atoms with E-state index in [4.69, 9.17) is 4.74 Å². The molecule has 30 heavy (non-hydrogen) atoms. The standard InChI is InChI=1S/C22H43N5O3/c1-9-22(10-2,26-20(29)30-21(5,6)7)15-24-19(23-8)25-17-11-13-27(14-12-17)18(28)16(3)4/h16-17H,9-15H2,1-8H3,(H,26,29)(H2,23,24,25). The van der Waals surface area contributed by atoms with Crippen LogP contribution in [0.25, 0.3) is 0 Å². The maximum Gasteiger partial charge on any atom is 0.408 e. The van der Waals surface area contributed by atoms with Crippen LogP contribution in [0.4, 0.5) is 4.79 Å². The van der Waals surface area contributed by atoms with Gasteiger partial charge in [0.25, 0.3) is 0 Å². The number of alkyl carbamates (subject to hydrolysis) is 1. The lowest BCUT2D eigenvalue weighted by atomic mass is 9.93. The van der Waals surface area contributed by atoms with Crippen LogP contribution in [0.15, 0.2) is 4.99 Å². The number of carbonyl (C=O) groups excluding carboxylic acids is 2. The Kier molecular flexibility index (Phi) is 9.91. The molecule has 1 fully saturated rings. The number of nitrogens with zero attached hydrogens (tertiary/aromatic N) is 2. The molecule has 0 aromatic carbocycles. The van der Waals surface area contributed by atoms with Gasteiger partial charge in [-0.05, 0) is 46.5 Å². The van der Waals surface area contributed by atoms with Crippen LogP contribution in [0, 0.1) is 5.92 Å². The highest BCUT2D eigenvalue weighted by molar-refractivity contribution is 5.80. The number of piperidine rings is 1. The van der Waals surface area contributed by atoms with Gasteiger partial charge in [0, 0.05) is 38.6 Å². The van der Waals surface area contributed by atoms with Gasteiger partial charge in [-0.3, -0.25) is 9.79 Å². The zero-order valence-electron chi connectivity index (χ0n) is 20.2. The smallest absolute Gasteiger partial charge is 0.408 e. The van der Waals surface area contributed by atoms with E-state index in [-0.39, 0.29) is 17.9 Å². The fourth-order valence-electron chi connectivity index (χ4n) is 3.49. The average molecular weight is 426 g/mol. The van der Waals surface area contributed by atoms with Crippen molar-refractivity contribution in [2.24, 2.45) is 10.9 Å². The predicted octanol–water partition coefficient (Wildman–Crippen LogP) is 2.88. The summed E-state index contributed by atoms with van der Waals surface area (Å²) in [6.07, 6.45) is 2.91. The molecule has 0 spiro atoms. The van der Waals surface area contributed by atoms with Crippen LogP contribution in [-0.4, -0.2) is 66.7 Å². The summed E-state index contributed by atoms with van der Waals surface area (Å²) in [7, 11) is 1.74. The lowest BCUT2D eigenvalue weighted by Gasteiger charge is -2.36. The van der Waals surface area contributed by atoms with Crippen molar-refractivity contribution in [2.45, 2.75) is 91.3 Å². The third-order valence-electron chi connectivity index (χ3n) is 5.58. The quantitative estimate of drug-likeness (QED) is 0.431. The second-order valence-corrected chi connectivity index (χ2v) is 9.44. The molecule has 1 aliphatic heterocycles. The molecule has 0 aromatic rings. The lowest BCUT2D eigenvalue weighted by molar-refractivity contribution is -0.135. The highest BCUT2D eigenvalue weighted by atomic mass is 16.6. The van der Waals surface area contributed by atoms with Gasteiger partial charge in [-0.1, -0.05) is 27.7 Å². The lowest BCUT2D eigenvalue weighted by Crippen LogP contribution is -2.58. The second kappa shape index (κ2) is 11.4. The van der Waals surface area contributed by atoms with Gasteiger partial charge in [0.05, 0.1) is 5.54 Å². The van der Waals surface area contributed by atoms with E-state index in [0.29, 0.717) is 12.5 Å². The van der Waals surface area contributed by atoms with Crippen molar-refractivity contribution >= 4 is 18.0 Å². The molecule has 1 rings (SSSR count). The molecule has 0 unspecified atom stereocenters. The first kappa shape index (κ1) is 26.0. The summed E-state index contributed by atoms with van der Waals surface area (Å²) in [5.74, 6) is 0.971. The number of guanidine groups is 1. The monoisotopic (exact) mass is 425 g/mol. The third-order valence-corrected chi connectivity index (χ3v) is 5.58.